The van der Waals surface area contributed by atoms with Crippen LogP contribution >= 0.6 is 0 Å². The van der Waals surface area contributed by atoms with Crippen molar-refractivity contribution in [3.8, 4) is 0 Å². The molecule has 5 nitrogen and oxygen atoms in total. The van der Waals surface area contributed by atoms with E-state index in [0.29, 0.717) is 19.5 Å². The van der Waals surface area contributed by atoms with Gasteiger partial charge in [-0.15, -0.1) is 0 Å². The van der Waals surface area contributed by atoms with Crippen LogP contribution in [0.5, 0.6) is 0 Å². The molecule has 0 saturated carbocycles. The summed E-state index contributed by atoms with van der Waals surface area (Å²) < 4.78 is 0. The molecule has 1 fully saturated rings. The van der Waals surface area contributed by atoms with Crippen molar-refractivity contribution in [3.63, 3.8) is 0 Å². The van der Waals surface area contributed by atoms with Crippen LogP contribution in [-0.4, -0.2) is 52.3 Å². The maximum absolute atomic E-state index is 13.4. The molecule has 2 aromatic carbocycles. The molecule has 5 heteroatoms. The third-order valence-electron chi connectivity index (χ3n) is 6.35. The molecular formula is C26H31N3O2. The van der Waals surface area contributed by atoms with Crippen LogP contribution in [0.15, 0.2) is 54.6 Å². The number of rotatable bonds is 6. The predicted octanol–water partition coefficient (Wildman–Crippen LogP) is 4.56. The molecule has 0 bridgehead atoms. The van der Waals surface area contributed by atoms with Crippen LogP contribution in [0.25, 0.3) is 10.9 Å². The maximum Gasteiger partial charge on any atom is 0.253 e. The summed E-state index contributed by atoms with van der Waals surface area (Å²) in [5.41, 5.74) is 3.97. The summed E-state index contributed by atoms with van der Waals surface area (Å²) in [6.07, 6.45) is 3.01. The van der Waals surface area contributed by atoms with E-state index < -0.39 is 0 Å². The fourth-order valence-corrected chi connectivity index (χ4v) is 4.71. The molecule has 162 valence electrons. The van der Waals surface area contributed by atoms with Gasteiger partial charge < -0.3 is 14.8 Å². The number of benzene rings is 2. The van der Waals surface area contributed by atoms with Crippen LogP contribution in [0.4, 0.5) is 0 Å². The number of nitrogens with one attached hydrogen (secondary N) is 1. The van der Waals surface area contributed by atoms with E-state index in [1.165, 1.54) is 0 Å². The third-order valence-corrected chi connectivity index (χ3v) is 6.35. The summed E-state index contributed by atoms with van der Waals surface area (Å²) in [5, 5.41) is 1.13. The summed E-state index contributed by atoms with van der Waals surface area (Å²) in [6, 6.07) is 17.8. The molecule has 0 aliphatic carbocycles. The van der Waals surface area contributed by atoms with Crippen LogP contribution in [0, 0.1) is 6.92 Å². The van der Waals surface area contributed by atoms with Crippen LogP contribution in [0.1, 0.15) is 47.8 Å². The van der Waals surface area contributed by atoms with Gasteiger partial charge in [-0.25, -0.2) is 0 Å². The van der Waals surface area contributed by atoms with Crippen molar-refractivity contribution in [3.05, 3.63) is 71.4 Å². The van der Waals surface area contributed by atoms with Gasteiger partial charge in [0.25, 0.3) is 5.91 Å². The lowest BCUT2D eigenvalue weighted by Gasteiger charge is -2.38. The minimum atomic E-state index is 0.0850. The number of aryl methyl sites for hydroxylation is 1. The average molecular weight is 418 g/mol. The predicted molar refractivity (Wildman–Crippen MR) is 124 cm³/mol. The van der Waals surface area contributed by atoms with Crippen molar-refractivity contribution >= 4 is 22.7 Å². The molecule has 4 rings (SSSR count). The van der Waals surface area contributed by atoms with E-state index in [1.807, 2.05) is 54.3 Å². The monoisotopic (exact) mass is 417 g/mol. The third kappa shape index (κ3) is 4.50. The Morgan fingerprint density at radius 1 is 1.03 bits per heavy atom. The smallest absolute Gasteiger partial charge is 0.253 e. The molecule has 0 atom stereocenters. The molecule has 1 saturated heterocycles. The van der Waals surface area contributed by atoms with Gasteiger partial charge in [-0.1, -0.05) is 43.3 Å². The molecular weight excluding hydrogens is 386 g/mol. The number of fused-ring (bicyclic) bond motifs is 1. The van der Waals surface area contributed by atoms with Crippen molar-refractivity contribution in [1.82, 2.24) is 14.8 Å². The van der Waals surface area contributed by atoms with E-state index >= 15 is 0 Å². The number of H-pyrrole nitrogens is 1. The van der Waals surface area contributed by atoms with Gasteiger partial charge in [0.1, 0.15) is 0 Å². The SMILES string of the molecule is CCCN(C(=O)Cc1c(C)[nH]c2ccccc12)C1CCN(C(=O)c2ccccc2)CC1. The number of amides is 2. The number of aromatic nitrogens is 1. The van der Waals surface area contributed by atoms with Gasteiger partial charge in [0.2, 0.25) is 5.91 Å². The summed E-state index contributed by atoms with van der Waals surface area (Å²) in [7, 11) is 0. The summed E-state index contributed by atoms with van der Waals surface area (Å²) in [5.74, 6) is 0.268. The Morgan fingerprint density at radius 3 is 2.42 bits per heavy atom. The first-order chi connectivity index (χ1) is 15.1. The number of nitrogens with zero attached hydrogens (tertiary/aromatic N) is 2. The second kappa shape index (κ2) is 9.38. The first-order valence-electron chi connectivity index (χ1n) is 11.3. The number of piperidine rings is 1. The lowest BCUT2D eigenvalue weighted by molar-refractivity contribution is -0.133. The second-order valence-electron chi connectivity index (χ2n) is 8.43. The van der Waals surface area contributed by atoms with Crippen molar-refractivity contribution < 1.29 is 9.59 Å². The average Bonchev–Trinajstić information content (AvgIpc) is 3.12. The van der Waals surface area contributed by atoms with E-state index in [1.54, 1.807) is 0 Å². The number of para-hydroxylation sites is 1. The van der Waals surface area contributed by atoms with E-state index in [2.05, 4.69) is 28.9 Å². The highest BCUT2D eigenvalue weighted by atomic mass is 16.2. The van der Waals surface area contributed by atoms with Gasteiger partial charge in [0.05, 0.1) is 6.42 Å². The van der Waals surface area contributed by atoms with Crippen molar-refractivity contribution in [2.45, 2.75) is 45.6 Å². The van der Waals surface area contributed by atoms with Gasteiger partial charge >= 0.3 is 0 Å². The normalized spacial score (nSPS) is 14.7. The topological polar surface area (TPSA) is 56.4 Å². The zero-order valence-corrected chi connectivity index (χ0v) is 18.4. The molecule has 31 heavy (non-hydrogen) atoms. The van der Waals surface area contributed by atoms with Gasteiger partial charge in [0.15, 0.2) is 0 Å². The number of likely N-dealkylation sites (tertiary alicyclic amines) is 1. The Bertz CT molecular complexity index is 1050. The minimum Gasteiger partial charge on any atom is -0.358 e. The first kappa shape index (κ1) is 21.2. The van der Waals surface area contributed by atoms with Crippen molar-refractivity contribution in [1.29, 1.82) is 0 Å². The zero-order valence-electron chi connectivity index (χ0n) is 18.4. The van der Waals surface area contributed by atoms with Crippen LogP contribution in [0.2, 0.25) is 0 Å². The number of hydrogen-bond donors (Lipinski definition) is 1. The molecule has 1 N–H and O–H groups in total. The highest BCUT2D eigenvalue weighted by Gasteiger charge is 2.30. The fourth-order valence-electron chi connectivity index (χ4n) is 4.71. The lowest BCUT2D eigenvalue weighted by atomic mass is 10.00. The molecule has 0 spiro atoms. The zero-order chi connectivity index (χ0) is 21.8. The van der Waals surface area contributed by atoms with Crippen LogP contribution < -0.4 is 0 Å². The van der Waals surface area contributed by atoms with Crippen LogP contribution in [-0.2, 0) is 11.2 Å². The standard InChI is InChI=1S/C26H31N3O2/c1-3-15-29(25(30)18-23-19(2)27-24-12-8-7-11-22(23)24)21-13-16-28(17-14-21)26(31)20-9-5-4-6-10-20/h4-12,21,27H,3,13-18H2,1-2H3. The lowest BCUT2D eigenvalue weighted by Crippen LogP contribution is -2.49. The molecule has 2 heterocycles. The summed E-state index contributed by atoms with van der Waals surface area (Å²) in [6.45, 7) is 6.30. The van der Waals surface area contributed by atoms with Gasteiger partial charge in [-0.05, 0) is 49.9 Å². The second-order valence-corrected chi connectivity index (χ2v) is 8.43. The molecule has 0 radical (unpaired) electrons. The van der Waals surface area contributed by atoms with Crippen molar-refractivity contribution in [2.75, 3.05) is 19.6 Å². The molecule has 0 unspecified atom stereocenters. The molecule has 1 aliphatic rings. The Labute approximate surface area is 184 Å². The quantitative estimate of drug-likeness (QED) is 0.639. The maximum atomic E-state index is 13.4. The largest absolute Gasteiger partial charge is 0.358 e. The Hall–Kier alpha value is -3.08. The summed E-state index contributed by atoms with van der Waals surface area (Å²) in [4.78, 5) is 33.5. The Kier molecular flexibility index (Phi) is 6.40. The van der Waals surface area contributed by atoms with E-state index in [4.69, 9.17) is 0 Å². The van der Waals surface area contributed by atoms with Gasteiger partial charge in [-0.3, -0.25) is 9.59 Å². The molecule has 1 aliphatic heterocycles. The molecule has 3 aromatic rings. The van der Waals surface area contributed by atoms with E-state index in [0.717, 1.165) is 53.5 Å². The van der Waals surface area contributed by atoms with Crippen LogP contribution in [0.3, 0.4) is 0 Å². The Morgan fingerprint density at radius 2 is 1.71 bits per heavy atom. The first-order valence-corrected chi connectivity index (χ1v) is 11.3. The number of carbonyl (C=O) groups is 2. The minimum absolute atomic E-state index is 0.0850. The van der Waals surface area contributed by atoms with Gasteiger partial charge in [0, 0.05) is 47.8 Å². The highest BCUT2D eigenvalue weighted by Crippen LogP contribution is 2.25. The van der Waals surface area contributed by atoms with Crippen molar-refractivity contribution in [2.24, 2.45) is 0 Å². The molecule has 1 aromatic heterocycles. The number of carbonyl (C=O) groups excluding carboxylic acids is 2. The summed E-state index contributed by atoms with van der Waals surface area (Å²) >= 11 is 0. The molecule has 2 amide bonds. The van der Waals surface area contributed by atoms with E-state index in [-0.39, 0.29) is 17.9 Å². The number of hydrogen-bond acceptors (Lipinski definition) is 2. The highest BCUT2D eigenvalue weighted by molar-refractivity contribution is 5.94. The van der Waals surface area contributed by atoms with Gasteiger partial charge in [-0.2, -0.15) is 0 Å². The Balaban J connectivity index is 1.43. The number of aromatic amines is 1. The fraction of sp³-hybridized carbons (Fsp3) is 0.385. The van der Waals surface area contributed by atoms with E-state index in [9.17, 15) is 9.59 Å².